The van der Waals surface area contributed by atoms with Crippen molar-refractivity contribution < 1.29 is 4.79 Å². The van der Waals surface area contributed by atoms with Crippen molar-refractivity contribution in [1.29, 1.82) is 5.26 Å². The number of aromatic nitrogens is 2. The van der Waals surface area contributed by atoms with Gasteiger partial charge in [0.15, 0.2) is 5.16 Å². The van der Waals surface area contributed by atoms with E-state index >= 15 is 0 Å². The summed E-state index contributed by atoms with van der Waals surface area (Å²) in [5, 5.41) is 12.1. The molecule has 0 saturated carbocycles. The van der Waals surface area contributed by atoms with Crippen LogP contribution in [0.5, 0.6) is 0 Å². The number of nitrogens with one attached hydrogen (secondary N) is 2. The Bertz CT molecular complexity index is 1210. The van der Waals surface area contributed by atoms with Gasteiger partial charge in [0, 0.05) is 30.0 Å². The van der Waals surface area contributed by atoms with Gasteiger partial charge >= 0.3 is 0 Å². The van der Waals surface area contributed by atoms with Crippen LogP contribution in [0.25, 0.3) is 11.3 Å². The number of amides is 1. The van der Waals surface area contributed by atoms with E-state index in [9.17, 15) is 14.9 Å². The number of nitriles is 1. The maximum Gasteiger partial charge on any atom is 0.270 e. The molecule has 2 heterocycles. The Morgan fingerprint density at radius 3 is 2.48 bits per heavy atom. The van der Waals surface area contributed by atoms with Crippen molar-refractivity contribution in [3.8, 4) is 17.3 Å². The van der Waals surface area contributed by atoms with E-state index in [1.54, 1.807) is 19.1 Å². The third-order valence-corrected chi connectivity index (χ3v) is 6.55. The summed E-state index contributed by atoms with van der Waals surface area (Å²) < 4.78 is 0. The molecule has 7 nitrogen and oxygen atoms in total. The van der Waals surface area contributed by atoms with Crippen molar-refractivity contribution in [3.63, 3.8) is 0 Å². The van der Waals surface area contributed by atoms with Crippen LogP contribution in [0, 0.1) is 11.3 Å². The van der Waals surface area contributed by atoms with Crippen molar-refractivity contribution in [3.05, 3.63) is 70.5 Å². The molecule has 1 fully saturated rings. The highest BCUT2D eigenvalue weighted by Gasteiger charge is 2.19. The van der Waals surface area contributed by atoms with Crippen LogP contribution in [0.15, 0.2) is 64.5 Å². The van der Waals surface area contributed by atoms with Crippen LogP contribution in [0.1, 0.15) is 31.7 Å². The highest BCUT2D eigenvalue weighted by Crippen LogP contribution is 2.26. The number of thioether (sulfide) groups is 1. The van der Waals surface area contributed by atoms with Gasteiger partial charge < -0.3 is 15.2 Å². The first-order valence-corrected chi connectivity index (χ1v) is 11.9. The van der Waals surface area contributed by atoms with Gasteiger partial charge in [-0.15, -0.1) is 0 Å². The minimum Gasteiger partial charge on any atom is -0.372 e. The number of carbonyl (C=O) groups is 1. The Morgan fingerprint density at radius 2 is 1.82 bits per heavy atom. The van der Waals surface area contributed by atoms with E-state index in [2.05, 4.69) is 20.2 Å². The van der Waals surface area contributed by atoms with E-state index < -0.39 is 10.8 Å². The van der Waals surface area contributed by atoms with Gasteiger partial charge in [-0.2, -0.15) is 5.26 Å². The Balaban J connectivity index is 1.45. The van der Waals surface area contributed by atoms with Gasteiger partial charge in [0.05, 0.1) is 10.9 Å². The summed E-state index contributed by atoms with van der Waals surface area (Å²) in [5.74, 6) is -0.195. The van der Waals surface area contributed by atoms with Crippen LogP contribution < -0.4 is 15.8 Å². The molecule has 1 amide bonds. The van der Waals surface area contributed by atoms with E-state index in [0.29, 0.717) is 16.4 Å². The number of aromatic amines is 1. The second kappa shape index (κ2) is 10.4. The lowest BCUT2D eigenvalue weighted by molar-refractivity contribution is -0.115. The molecule has 1 atom stereocenters. The molecule has 1 saturated heterocycles. The number of benzene rings is 2. The van der Waals surface area contributed by atoms with Gasteiger partial charge in [0.1, 0.15) is 11.6 Å². The average Bonchev–Trinajstić information content (AvgIpc) is 2.85. The third-order valence-electron chi connectivity index (χ3n) is 5.57. The molecule has 4 rings (SSSR count). The van der Waals surface area contributed by atoms with Crippen LogP contribution in [0.4, 0.5) is 11.4 Å². The quantitative estimate of drug-likeness (QED) is 0.418. The maximum absolute atomic E-state index is 12.8. The van der Waals surface area contributed by atoms with Crippen LogP contribution in [0.3, 0.4) is 0 Å². The minimum atomic E-state index is -0.519. The maximum atomic E-state index is 12.8. The largest absolute Gasteiger partial charge is 0.372 e. The molecule has 1 aliphatic rings. The number of H-pyrrole nitrogens is 1. The molecule has 2 N–H and O–H groups in total. The first kappa shape index (κ1) is 22.6. The highest BCUT2D eigenvalue weighted by molar-refractivity contribution is 8.00. The number of anilines is 2. The summed E-state index contributed by atoms with van der Waals surface area (Å²) in [4.78, 5) is 34.6. The summed E-state index contributed by atoms with van der Waals surface area (Å²) in [5.41, 5.74) is 2.31. The number of piperidine rings is 1. The number of hydrogen-bond acceptors (Lipinski definition) is 6. The Kier molecular flexibility index (Phi) is 7.10. The lowest BCUT2D eigenvalue weighted by Gasteiger charge is -2.28. The smallest absolute Gasteiger partial charge is 0.270 e. The first-order chi connectivity index (χ1) is 16.0. The second-order valence-electron chi connectivity index (χ2n) is 7.92. The lowest BCUT2D eigenvalue weighted by Crippen LogP contribution is -2.29. The molecule has 0 bridgehead atoms. The monoisotopic (exact) mass is 459 g/mol. The van der Waals surface area contributed by atoms with E-state index in [0.717, 1.165) is 30.5 Å². The number of nitrogens with zero attached hydrogens (tertiary/aromatic N) is 3. The molecule has 33 heavy (non-hydrogen) atoms. The Morgan fingerprint density at radius 1 is 1.12 bits per heavy atom. The second-order valence-corrected chi connectivity index (χ2v) is 9.25. The molecular formula is C25H25N5O2S. The summed E-state index contributed by atoms with van der Waals surface area (Å²) in [6.45, 7) is 3.89. The molecule has 1 unspecified atom stereocenters. The Labute approximate surface area is 196 Å². The van der Waals surface area contributed by atoms with Crippen LogP contribution in [0.2, 0.25) is 0 Å². The van der Waals surface area contributed by atoms with Gasteiger partial charge in [-0.1, -0.05) is 42.1 Å². The van der Waals surface area contributed by atoms with Crippen molar-refractivity contribution >= 4 is 29.0 Å². The predicted octanol–water partition coefficient (Wildman–Crippen LogP) is 4.42. The fraction of sp³-hybridized carbons (Fsp3) is 0.280. The molecule has 168 valence electrons. The number of hydrogen-bond donors (Lipinski definition) is 2. The molecule has 0 aliphatic carbocycles. The highest BCUT2D eigenvalue weighted by atomic mass is 32.2. The zero-order chi connectivity index (χ0) is 23.2. The molecular weight excluding hydrogens is 434 g/mol. The van der Waals surface area contributed by atoms with Crippen molar-refractivity contribution in [2.24, 2.45) is 0 Å². The lowest BCUT2D eigenvalue weighted by atomic mass is 10.1. The average molecular weight is 460 g/mol. The SMILES string of the molecule is CC(Sc1nc(-c2ccccc2)c(C#N)c(=O)[nH]1)C(=O)Nc1ccc(N2CCCCC2)cc1. The fourth-order valence-electron chi connectivity index (χ4n) is 3.79. The van der Waals surface area contributed by atoms with Gasteiger partial charge in [-0.3, -0.25) is 9.59 Å². The number of carbonyl (C=O) groups excluding carboxylic acids is 1. The molecule has 0 radical (unpaired) electrons. The molecule has 1 aliphatic heterocycles. The van der Waals surface area contributed by atoms with Crippen LogP contribution in [-0.2, 0) is 4.79 Å². The third kappa shape index (κ3) is 5.44. The summed E-state index contributed by atoms with van der Waals surface area (Å²) >= 11 is 1.14. The fourth-order valence-corrected chi connectivity index (χ4v) is 4.59. The summed E-state index contributed by atoms with van der Waals surface area (Å²) in [6, 6.07) is 18.9. The van der Waals surface area contributed by atoms with Gasteiger partial charge in [-0.25, -0.2) is 4.98 Å². The predicted molar refractivity (Wildman–Crippen MR) is 131 cm³/mol. The van der Waals surface area contributed by atoms with Crippen LogP contribution in [-0.4, -0.2) is 34.2 Å². The zero-order valence-electron chi connectivity index (χ0n) is 18.4. The normalized spacial score (nSPS) is 14.4. The van der Waals surface area contributed by atoms with E-state index in [1.165, 1.54) is 24.9 Å². The van der Waals surface area contributed by atoms with Crippen molar-refractivity contribution in [2.75, 3.05) is 23.3 Å². The van der Waals surface area contributed by atoms with Gasteiger partial charge in [0.25, 0.3) is 5.56 Å². The standard InChI is InChI=1S/C25H25N5O2S/c1-17(23(31)27-19-10-12-20(13-11-19)30-14-6-3-7-15-30)33-25-28-22(18-8-4-2-5-9-18)21(16-26)24(32)29-25/h2,4-5,8-13,17H,3,6-7,14-15H2,1H3,(H,27,31)(H,28,29,32). The molecule has 8 heteroatoms. The first-order valence-electron chi connectivity index (χ1n) is 11.0. The van der Waals surface area contributed by atoms with Gasteiger partial charge in [-0.05, 0) is 50.5 Å². The van der Waals surface area contributed by atoms with E-state index in [1.807, 2.05) is 48.5 Å². The molecule has 1 aromatic heterocycles. The zero-order valence-corrected chi connectivity index (χ0v) is 19.2. The van der Waals surface area contributed by atoms with Crippen LogP contribution >= 0.6 is 11.8 Å². The molecule has 3 aromatic rings. The van der Waals surface area contributed by atoms with Gasteiger partial charge in [0.2, 0.25) is 5.91 Å². The van der Waals surface area contributed by atoms with E-state index in [4.69, 9.17) is 0 Å². The summed E-state index contributed by atoms with van der Waals surface area (Å²) in [7, 11) is 0. The van der Waals surface area contributed by atoms with Crippen molar-refractivity contribution in [1.82, 2.24) is 9.97 Å². The molecule has 2 aromatic carbocycles. The Hall–Kier alpha value is -3.57. The minimum absolute atomic E-state index is 0.0450. The summed E-state index contributed by atoms with van der Waals surface area (Å²) in [6.07, 6.45) is 3.71. The van der Waals surface area contributed by atoms with Crippen molar-refractivity contribution in [2.45, 2.75) is 36.6 Å². The number of rotatable bonds is 6. The molecule has 0 spiro atoms. The topological polar surface area (TPSA) is 102 Å². The van der Waals surface area contributed by atoms with E-state index in [-0.39, 0.29) is 11.5 Å².